The van der Waals surface area contributed by atoms with E-state index in [1.54, 1.807) is 6.20 Å². The van der Waals surface area contributed by atoms with E-state index in [1.807, 2.05) is 29.3 Å². The number of anilines is 1. The lowest BCUT2D eigenvalue weighted by Gasteiger charge is -2.35. The smallest absolute Gasteiger partial charge is 0.228 e. The van der Waals surface area contributed by atoms with Gasteiger partial charge < -0.3 is 19.5 Å². The van der Waals surface area contributed by atoms with Crippen molar-refractivity contribution in [2.24, 2.45) is 5.92 Å². The Hall–Kier alpha value is -2.34. The maximum atomic E-state index is 13.3. The van der Waals surface area contributed by atoms with Crippen LogP contribution < -0.4 is 5.32 Å². The molecule has 1 unspecified atom stereocenters. The summed E-state index contributed by atoms with van der Waals surface area (Å²) in [6, 6.07) is 10.5. The normalized spacial score (nSPS) is 25.5. The van der Waals surface area contributed by atoms with E-state index in [0.717, 1.165) is 50.4 Å². The standard InChI is InChI=1S/C21H28N4O2/c1-2-24-13-11-22-20(24)19-18(10-14-27-19)21(26)25-12-6-9-17(15-25)23-16-7-4-3-5-8-16/h3-5,7-8,11,13,17-19,23H,2,6,9-10,12,14-15H2,1H3/t17?,18-,19-/m1/s1. The Morgan fingerprint density at radius 2 is 2.15 bits per heavy atom. The summed E-state index contributed by atoms with van der Waals surface area (Å²) in [5.74, 6) is 0.959. The number of para-hydroxylation sites is 1. The number of imidazole rings is 1. The van der Waals surface area contributed by atoms with Gasteiger partial charge in [-0.3, -0.25) is 4.79 Å². The second-order valence-electron chi connectivity index (χ2n) is 7.39. The first kappa shape index (κ1) is 18.0. The first-order valence-electron chi connectivity index (χ1n) is 9.99. The molecule has 6 heteroatoms. The third kappa shape index (κ3) is 3.86. The summed E-state index contributed by atoms with van der Waals surface area (Å²) in [5.41, 5.74) is 1.11. The number of amides is 1. The minimum Gasteiger partial charge on any atom is -0.381 e. The highest BCUT2D eigenvalue weighted by Gasteiger charge is 2.40. The van der Waals surface area contributed by atoms with Crippen molar-refractivity contribution in [2.75, 3.05) is 25.0 Å². The van der Waals surface area contributed by atoms with Crippen molar-refractivity contribution in [1.82, 2.24) is 14.5 Å². The maximum absolute atomic E-state index is 13.3. The number of nitrogens with one attached hydrogen (secondary N) is 1. The predicted molar refractivity (Wildman–Crippen MR) is 104 cm³/mol. The van der Waals surface area contributed by atoms with Gasteiger partial charge in [-0.2, -0.15) is 0 Å². The minimum atomic E-state index is -0.227. The molecule has 1 aromatic carbocycles. The first-order valence-corrected chi connectivity index (χ1v) is 9.99. The average Bonchev–Trinajstić information content (AvgIpc) is 3.37. The topological polar surface area (TPSA) is 59.4 Å². The quantitative estimate of drug-likeness (QED) is 0.881. The molecule has 0 bridgehead atoms. The van der Waals surface area contributed by atoms with E-state index in [-0.39, 0.29) is 17.9 Å². The fourth-order valence-corrected chi connectivity index (χ4v) is 4.24. The zero-order valence-corrected chi connectivity index (χ0v) is 15.9. The van der Waals surface area contributed by atoms with Gasteiger partial charge >= 0.3 is 0 Å². The third-order valence-corrected chi connectivity index (χ3v) is 5.63. The molecule has 0 saturated carbocycles. The van der Waals surface area contributed by atoms with E-state index in [9.17, 15) is 4.79 Å². The molecule has 0 radical (unpaired) electrons. The van der Waals surface area contributed by atoms with Gasteiger partial charge in [0.25, 0.3) is 0 Å². The molecule has 2 fully saturated rings. The van der Waals surface area contributed by atoms with Gasteiger partial charge in [-0.05, 0) is 38.3 Å². The molecule has 2 aliphatic rings. The maximum Gasteiger partial charge on any atom is 0.228 e. The monoisotopic (exact) mass is 368 g/mol. The second-order valence-corrected chi connectivity index (χ2v) is 7.39. The van der Waals surface area contributed by atoms with Crippen LogP contribution in [0.5, 0.6) is 0 Å². The second kappa shape index (κ2) is 8.13. The number of piperidine rings is 1. The molecule has 2 aromatic rings. The van der Waals surface area contributed by atoms with Crippen molar-refractivity contribution in [3.63, 3.8) is 0 Å². The Morgan fingerprint density at radius 1 is 1.30 bits per heavy atom. The van der Waals surface area contributed by atoms with Crippen molar-refractivity contribution < 1.29 is 9.53 Å². The van der Waals surface area contributed by atoms with Gasteiger partial charge in [-0.25, -0.2) is 4.98 Å². The van der Waals surface area contributed by atoms with Crippen LogP contribution in [0.4, 0.5) is 5.69 Å². The number of hydrogen-bond donors (Lipinski definition) is 1. The van der Waals surface area contributed by atoms with Gasteiger partial charge in [0.05, 0.1) is 5.92 Å². The van der Waals surface area contributed by atoms with Gasteiger partial charge in [0.2, 0.25) is 5.91 Å². The summed E-state index contributed by atoms with van der Waals surface area (Å²) in [4.78, 5) is 19.8. The lowest BCUT2D eigenvalue weighted by Crippen LogP contribution is -2.47. The van der Waals surface area contributed by atoms with Crippen LogP contribution >= 0.6 is 0 Å². The number of hydrogen-bond acceptors (Lipinski definition) is 4. The fraction of sp³-hybridized carbons (Fsp3) is 0.524. The molecule has 2 saturated heterocycles. The molecule has 2 aliphatic heterocycles. The Bertz CT molecular complexity index is 761. The van der Waals surface area contributed by atoms with Crippen LogP contribution in [0.2, 0.25) is 0 Å². The van der Waals surface area contributed by atoms with Gasteiger partial charge in [0, 0.05) is 50.4 Å². The molecule has 0 aliphatic carbocycles. The number of rotatable bonds is 5. The summed E-state index contributed by atoms with van der Waals surface area (Å²) in [7, 11) is 0. The fourth-order valence-electron chi connectivity index (χ4n) is 4.24. The largest absolute Gasteiger partial charge is 0.381 e. The van der Waals surface area contributed by atoms with E-state index >= 15 is 0 Å². The molecule has 0 spiro atoms. The van der Waals surface area contributed by atoms with E-state index in [2.05, 4.69) is 33.9 Å². The Labute approximate surface area is 160 Å². The number of aryl methyl sites for hydroxylation is 1. The van der Waals surface area contributed by atoms with Crippen molar-refractivity contribution in [3.8, 4) is 0 Å². The average molecular weight is 368 g/mol. The Morgan fingerprint density at radius 3 is 2.96 bits per heavy atom. The van der Waals surface area contributed by atoms with Crippen LogP contribution in [0.1, 0.15) is 38.1 Å². The zero-order chi connectivity index (χ0) is 18.6. The summed E-state index contributed by atoms with van der Waals surface area (Å²) < 4.78 is 8.02. The minimum absolute atomic E-state index is 0.131. The van der Waals surface area contributed by atoms with Crippen LogP contribution in [0.25, 0.3) is 0 Å². The lowest BCUT2D eigenvalue weighted by molar-refractivity contribution is -0.138. The number of likely N-dealkylation sites (tertiary alicyclic amines) is 1. The van der Waals surface area contributed by atoms with E-state index in [4.69, 9.17) is 4.74 Å². The molecule has 144 valence electrons. The number of ether oxygens (including phenoxy) is 1. The van der Waals surface area contributed by atoms with Crippen molar-refractivity contribution in [2.45, 2.75) is 44.9 Å². The third-order valence-electron chi connectivity index (χ3n) is 5.63. The number of carbonyl (C=O) groups is 1. The first-order chi connectivity index (χ1) is 13.3. The van der Waals surface area contributed by atoms with E-state index in [0.29, 0.717) is 12.6 Å². The van der Waals surface area contributed by atoms with Crippen LogP contribution in [-0.2, 0) is 16.1 Å². The predicted octanol–water partition coefficient (Wildman–Crippen LogP) is 3.08. The van der Waals surface area contributed by atoms with E-state index in [1.165, 1.54) is 0 Å². The zero-order valence-electron chi connectivity index (χ0n) is 15.9. The molecule has 1 N–H and O–H groups in total. The van der Waals surface area contributed by atoms with Crippen LogP contribution in [0.15, 0.2) is 42.7 Å². The summed E-state index contributed by atoms with van der Waals surface area (Å²) in [6.07, 6.45) is 6.41. The molecule has 4 rings (SSSR count). The van der Waals surface area contributed by atoms with Crippen LogP contribution in [0.3, 0.4) is 0 Å². The van der Waals surface area contributed by atoms with Crippen molar-refractivity contribution in [3.05, 3.63) is 48.5 Å². The number of aromatic nitrogens is 2. The molecule has 1 amide bonds. The number of nitrogens with zero attached hydrogens (tertiary/aromatic N) is 3. The number of benzene rings is 1. The molecule has 6 nitrogen and oxygen atoms in total. The Kier molecular flexibility index (Phi) is 5.43. The Balaban J connectivity index is 1.43. The van der Waals surface area contributed by atoms with Gasteiger partial charge in [-0.1, -0.05) is 18.2 Å². The summed E-state index contributed by atoms with van der Waals surface area (Å²) >= 11 is 0. The molecular formula is C21H28N4O2. The number of carbonyl (C=O) groups excluding carboxylic acids is 1. The molecule has 3 atom stereocenters. The molecular weight excluding hydrogens is 340 g/mol. The van der Waals surface area contributed by atoms with Gasteiger partial charge in [-0.15, -0.1) is 0 Å². The summed E-state index contributed by atoms with van der Waals surface area (Å²) in [5, 5.41) is 3.57. The molecule has 1 aromatic heterocycles. The van der Waals surface area contributed by atoms with Crippen molar-refractivity contribution >= 4 is 11.6 Å². The summed E-state index contributed by atoms with van der Waals surface area (Å²) in [6.45, 7) is 5.12. The van der Waals surface area contributed by atoms with Gasteiger partial charge in [0.1, 0.15) is 11.9 Å². The highest BCUT2D eigenvalue weighted by atomic mass is 16.5. The SMILES string of the molecule is CCn1ccnc1[C@@H]1OCC[C@H]1C(=O)N1CCCC(Nc2ccccc2)C1. The van der Waals surface area contributed by atoms with Gasteiger partial charge in [0.15, 0.2) is 0 Å². The lowest BCUT2D eigenvalue weighted by atomic mass is 9.96. The highest BCUT2D eigenvalue weighted by Crippen LogP contribution is 2.35. The molecule has 27 heavy (non-hydrogen) atoms. The van der Waals surface area contributed by atoms with Crippen LogP contribution in [-0.4, -0.2) is 46.1 Å². The molecule has 3 heterocycles. The van der Waals surface area contributed by atoms with Crippen molar-refractivity contribution in [1.29, 1.82) is 0 Å². The highest BCUT2D eigenvalue weighted by molar-refractivity contribution is 5.80. The van der Waals surface area contributed by atoms with E-state index < -0.39 is 0 Å². The van der Waals surface area contributed by atoms with Crippen LogP contribution in [0, 0.1) is 5.92 Å².